The zero-order chi connectivity index (χ0) is 14.5. The van der Waals surface area contributed by atoms with Gasteiger partial charge in [0.05, 0.1) is 28.8 Å². The molecule has 0 unspecified atom stereocenters. The highest BCUT2D eigenvalue weighted by atomic mass is 35.5. The van der Waals surface area contributed by atoms with Crippen molar-refractivity contribution >= 4 is 23.2 Å². The molecular weight excluding hydrogens is 297 g/mol. The van der Waals surface area contributed by atoms with Gasteiger partial charge in [-0.15, -0.1) is 0 Å². The van der Waals surface area contributed by atoms with Gasteiger partial charge in [0.2, 0.25) is 0 Å². The van der Waals surface area contributed by atoms with Crippen LogP contribution in [0, 0.1) is 11.3 Å². The van der Waals surface area contributed by atoms with Gasteiger partial charge in [0, 0.05) is 6.07 Å². The van der Waals surface area contributed by atoms with Crippen LogP contribution in [0.3, 0.4) is 0 Å². The van der Waals surface area contributed by atoms with E-state index in [2.05, 4.69) is 6.07 Å². The summed E-state index contributed by atoms with van der Waals surface area (Å²) in [6, 6.07) is 12.4. The predicted molar refractivity (Wildman–Crippen MR) is 78.5 cm³/mol. The summed E-state index contributed by atoms with van der Waals surface area (Å²) in [6.45, 7) is 0.328. The predicted octanol–water partition coefficient (Wildman–Crippen LogP) is 4.45. The maximum absolute atomic E-state index is 8.94. The Bertz CT molecular complexity index is 665. The molecule has 0 spiro atoms. The fourth-order valence-corrected chi connectivity index (χ4v) is 1.95. The monoisotopic (exact) mass is 307 g/mol. The number of methoxy groups -OCH3 is 1. The van der Waals surface area contributed by atoms with E-state index in [0.29, 0.717) is 33.7 Å². The minimum atomic E-state index is 0.328. The molecule has 0 aromatic heterocycles. The molecule has 0 amide bonds. The van der Waals surface area contributed by atoms with E-state index in [4.69, 9.17) is 37.9 Å². The topological polar surface area (TPSA) is 42.2 Å². The Morgan fingerprint density at radius 2 is 1.80 bits per heavy atom. The number of halogens is 2. The Labute approximate surface area is 127 Å². The summed E-state index contributed by atoms with van der Waals surface area (Å²) in [6.07, 6.45) is 0. The first-order valence-electron chi connectivity index (χ1n) is 5.78. The number of nitriles is 1. The SMILES string of the molecule is COc1cc(C#N)cc(OCc2ccc(Cl)c(Cl)c2)c1. The lowest BCUT2D eigenvalue weighted by molar-refractivity contribution is 0.303. The van der Waals surface area contributed by atoms with Crippen molar-refractivity contribution in [1.29, 1.82) is 5.26 Å². The Kier molecular flexibility index (Phi) is 4.73. The summed E-state index contributed by atoms with van der Waals surface area (Å²) < 4.78 is 10.8. The molecule has 102 valence electrons. The van der Waals surface area contributed by atoms with Crippen molar-refractivity contribution in [3.63, 3.8) is 0 Å². The van der Waals surface area contributed by atoms with Crippen molar-refractivity contribution in [3.8, 4) is 17.6 Å². The van der Waals surface area contributed by atoms with Gasteiger partial charge >= 0.3 is 0 Å². The zero-order valence-corrected chi connectivity index (χ0v) is 12.2. The molecule has 2 aromatic carbocycles. The van der Waals surface area contributed by atoms with Gasteiger partial charge in [-0.25, -0.2) is 0 Å². The van der Waals surface area contributed by atoms with Crippen LogP contribution in [0.1, 0.15) is 11.1 Å². The average molecular weight is 308 g/mol. The summed E-state index contributed by atoms with van der Waals surface area (Å²) in [7, 11) is 1.54. The second-order valence-electron chi connectivity index (χ2n) is 4.05. The highest BCUT2D eigenvalue weighted by Gasteiger charge is 2.04. The van der Waals surface area contributed by atoms with E-state index >= 15 is 0 Å². The van der Waals surface area contributed by atoms with Gasteiger partial charge in [-0.05, 0) is 29.8 Å². The number of hydrogen-bond donors (Lipinski definition) is 0. The van der Waals surface area contributed by atoms with Gasteiger partial charge in [0.15, 0.2) is 0 Å². The minimum Gasteiger partial charge on any atom is -0.497 e. The van der Waals surface area contributed by atoms with Crippen LogP contribution in [0.2, 0.25) is 10.0 Å². The van der Waals surface area contributed by atoms with Gasteiger partial charge in [-0.2, -0.15) is 5.26 Å². The second kappa shape index (κ2) is 6.51. The lowest BCUT2D eigenvalue weighted by Crippen LogP contribution is -1.96. The van der Waals surface area contributed by atoms with Crippen LogP contribution in [-0.2, 0) is 6.61 Å². The third-order valence-electron chi connectivity index (χ3n) is 2.63. The van der Waals surface area contributed by atoms with Crippen molar-refractivity contribution < 1.29 is 9.47 Å². The summed E-state index contributed by atoms with van der Waals surface area (Å²) in [5.74, 6) is 1.14. The highest BCUT2D eigenvalue weighted by molar-refractivity contribution is 6.42. The summed E-state index contributed by atoms with van der Waals surface area (Å²) in [5, 5.41) is 9.93. The van der Waals surface area contributed by atoms with Crippen molar-refractivity contribution in [2.75, 3.05) is 7.11 Å². The van der Waals surface area contributed by atoms with Crippen LogP contribution in [0.5, 0.6) is 11.5 Å². The Morgan fingerprint density at radius 3 is 2.45 bits per heavy atom. The first-order chi connectivity index (χ1) is 9.62. The minimum absolute atomic E-state index is 0.328. The quantitative estimate of drug-likeness (QED) is 0.838. The molecule has 0 bridgehead atoms. The standard InChI is InChI=1S/C15H11Cl2NO2/c1-19-12-4-11(8-18)5-13(7-12)20-9-10-2-3-14(16)15(17)6-10/h2-7H,9H2,1H3. The molecule has 0 N–H and O–H groups in total. The van der Waals surface area contributed by atoms with Crippen molar-refractivity contribution in [1.82, 2.24) is 0 Å². The van der Waals surface area contributed by atoms with Crippen LogP contribution in [-0.4, -0.2) is 7.11 Å². The first-order valence-corrected chi connectivity index (χ1v) is 6.54. The maximum Gasteiger partial charge on any atom is 0.124 e. The smallest absolute Gasteiger partial charge is 0.124 e. The van der Waals surface area contributed by atoms with Crippen LogP contribution < -0.4 is 9.47 Å². The molecule has 0 saturated carbocycles. The zero-order valence-electron chi connectivity index (χ0n) is 10.7. The molecule has 0 aliphatic heterocycles. The number of nitrogens with zero attached hydrogens (tertiary/aromatic N) is 1. The van der Waals surface area contributed by atoms with Gasteiger partial charge in [-0.1, -0.05) is 29.3 Å². The van der Waals surface area contributed by atoms with Crippen LogP contribution in [0.4, 0.5) is 0 Å². The molecule has 5 heteroatoms. The van der Waals surface area contributed by atoms with Gasteiger partial charge in [0.25, 0.3) is 0 Å². The lowest BCUT2D eigenvalue weighted by Gasteiger charge is -2.09. The van der Waals surface area contributed by atoms with E-state index in [1.165, 1.54) is 0 Å². The molecule has 3 nitrogen and oxygen atoms in total. The second-order valence-corrected chi connectivity index (χ2v) is 4.86. The molecular formula is C15H11Cl2NO2. The summed E-state index contributed by atoms with van der Waals surface area (Å²) >= 11 is 11.8. The van der Waals surface area contributed by atoms with E-state index in [1.54, 1.807) is 37.4 Å². The van der Waals surface area contributed by atoms with Crippen LogP contribution >= 0.6 is 23.2 Å². The van der Waals surface area contributed by atoms with Gasteiger partial charge in [0.1, 0.15) is 18.1 Å². The fourth-order valence-electron chi connectivity index (χ4n) is 1.63. The molecule has 20 heavy (non-hydrogen) atoms. The number of benzene rings is 2. The fraction of sp³-hybridized carbons (Fsp3) is 0.133. The Balaban J connectivity index is 2.14. The van der Waals surface area contributed by atoms with E-state index in [9.17, 15) is 0 Å². The van der Waals surface area contributed by atoms with E-state index in [0.717, 1.165) is 5.56 Å². The first kappa shape index (κ1) is 14.5. The Morgan fingerprint density at radius 1 is 1.05 bits per heavy atom. The average Bonchev–Trinajstić information content (AvgIpc) is 2.48. The third-order valence-corrected chi connectivity index (χ3v) is 3.37. The highest BCUT2D eigenvalue weighted by Crippen LogP contribution is 2.25. The Hall–Kier alpha value is -1.89. The van der Waals surface area contributed by atoms with Crippen LogP contribution in [0.15, 0.2) is 36.4 Å². The van der Waals surface area contributed by atoms with Crippen molar-refractivity contribution in [2.24, 2.45) is 0 Å². The maximum atomic E-state index is 8.94. The summed E-state index contributed by atoms with van der Waals surface area (Å²) in [4.78, 5) is 0. The molecule has 0 aliphatic rings. The van der Waals surface area contributed by atoms with E-state index in [-0.39, 0.29) is 0 Å². The number of rotatable bonds is 4. The van der Waals surface area contributed by atoms with E-state index in [1.807, 2.05) is 6.07 Å². The molecule has 0 saturated heterocycles. The summed E-state index contributed by atoms with van der Waals surface area (Å²) in [5.41, 5.74) is 1.37. The van der Waals surface area contributed by atoms with Gasteiger partial charge in [-0.3, -0.25) is 0 Å². The number of ether oxygens (including phenoxy) is 2. The molecule has 2 aromatic rings. The van der Waals surface area contributed by atoms with Crippen LogP contribution in [0.25, 0.3) is 0 Å². The van der Waals surface area contributed by atoms with E-state index < -0.39 is 0 Å². The molecule has 2 rings (SSSR count). The van der Waals surface area contributed by atoms with Crippen molar-refractivity contribution in [3.05, 3.63) is 57.6 Å². The third kappa shape index (κ3) is 3.57. The molecule has 0 radical (unpaired) electrons. The molecule has 0 heterocycles. The number of hydrogen-bond acceptors (Lipinski definition) is 3. The molecule has 0 fully saturated rings. The van der Waals surface area contributed by atoms with Gasteiger partial charge < -0.3 is 9.47 Å². The van der Waals surface area contributed by atoms with Crippen molar-refractivity contribution in [2.45, 2.75) is 6.61 Å². The normalized spacial score (nSPS) is 9.90. The lowest BCUT2D eigenvalue weighted by atomic mass is 10.2. The molecule has 0 aliphatic carbocycles. The largest absolute Gasteiger partial charge is 0.497 e. The molecule has 0 atom stereocenters.